The maximum absolute atomic E-state index is 11.8. The van der Waals surface area contributed by atoms with Gasteiger partial charge in [-0.25, -0.2) is 14.3 Å². The predicted octanol–water partition coefficient (Wildman–Crippen LogP) is 4.32. The van der Waals surface area contributed by atoms with Gasteiger partial charge in [0.2, 0.25) is 0 Å². The summed E-state index contributed by atoms with van der Waals surface area (Å²) in [6.07, 6.45) is 3.54. The minimum absolute atomic E-state index is 0.506. The molecule has 3 aromatic rings. The number of hydrogen-bond donors (Lipinski definition) is 1. The van der Waals surface area contributed by atoms with E-state index in [0.717, 1.165) is 16.8 Å². The lowest BCUT2D eigenvalue weighted by molar-refractivity contribution is 0.0636. The number of ether oxygens (including phenoxy) is 1. The number of benzene rings is 1. The van der Waals surface area contributed by atoms with Gasteiger partial charge in [-0.1, -0.05) is 17.7 Å². The number of aromatic nitrogens is 3. The number of amides is 1. The third-order valence-corrected chi connectivity index (χ3v) is 3.79. The molecule has 0 bridgehead atoms. The molecule has 1 amide bonds. The quantitative estimate of drug-likeness (QED) is 0.757. The summed E-state index contributed by atoms with van der Waals surface area (Å²) in [5.74, 6) is 0. The molecule has 1 N–H and O–H groups in total. The van der Waals surface area contributed by atoms with Crippen molar-refractivity contribution in [2.24, 2.45) is 0 Å². The van der Waals surface area contributed by atoms with Crippen molar-refractivity contribution in [3.05, 3.63) is 59.0 Å². The Hall–Kier alpha value is -2.60. The number of pyridine rings is 1. The Morgan fingerprint density at radius 2 is 2.08 bits per heavy atom. The Morgan fingerprint density at radius 3 is 2.80 bits per heavy atom. The number of anilines is 1. The summed E-state index contributed by atoms with van der Waals surface area (Å²) >= 11 is 6.37. The second-order valence-corrected chi connectivity index (χ2v) is 7.11. The van der Waals surface area contributed by atoms with Crippen LogP contribution >= 0.6 is 11.6 Å². The number of carbonyl (C=O) groups is 1. The lowest BCUT2D eigenvalue weighted by Gasteiger charge is -2.19. The van der Waals surface area contributed by atoms with Crippen LogP contribution in [0.25, 0.3) is 5.65 Å². The maximum Gasteiger partial charge on any atom is 0.412 e. The van der Waals surface area contributed by atoms with E-state index in [-0.39, 0.29) is 0 Å². The molecule has 0 aliphatic heterocycles. The number of fused-ring (bicyclic) bond motifs is 1. The predicted molar refractivity (Wildman–Crippen MR) is 97.1 cm³/mol. The zero-order valence-electron chi connectivity index (χ0n) is 14.3. The Labute approximate surface area is 150 Å². The van der Waals surface area contributed by atoms with Crippen molar-refractivity contribution in [1.82, 2.24) is 14.6 Å². The molecule has 0 aliphatic carbocycles. The molecule has 0 saturated heterocycles. The van der Waals surface area contributed by atoms with Gasteiger partial charge in [0, 0.05) is 16.9 Å². The van der Waals surface area contributed by atoms with Crippen molar-refractivity contribution >= 4 is 29.0 Å². The Kier molecular flexibility index (Phi) is 4.63. The normalized spacial score (nSPS) is 11.5. The van der Waals surface area contributed by atoms with E-state index in [0.29, 0.717) is 17.1 Å². The first-order chi connectivity index (χ1) is 11.8. The number of carbonyl (C=O) groups excluding carboxylic acids is 1. The van der Waals surface area contributed by atoms with Gasteiger partial charge in [-0.15, -0.1) is 0 Å². The smallest absolute Gasteiger partial charge is 0.412 e. The van der Waals surface area contributed by atoms with Crippen LogP contribution in [0.4, 0.5) is 10.5 Å². The fourth-order valence-electron chi connectivity index (χ4n) is 2.38. The third kappa shape index (κ3) is 4.48. The Morgan fingerprint density at radius 1 is 1.28 bits per heavy atom. The van der Waals surface area contributed by atoms with E-state index in [1.54, 1.807) is 16.6 Å². The third-order valence-electron chi connectivity index (χ3n) is 3.44. The highest BCUT2D eigenvalue weighted by atomic mass is 35.5. The molecule has 0 fully saturated rings. The highest BCUT2D eigenvalue weighted by molar-refractivity contribution is 6.31. The van der Waals surface area contributed by atoms with Crippen molar-refractivity contribution in [2.45, 2.75) is 32.8 Å². The number of halogens is 1. The topological polar surface area (TPSA) is 68.5 Å². The van der Waals surface area contributed by atoms with Gasteiger partial charge in [-0.05, 0) is 62.6 Å². The average Bonchev–Trinajstić information content (AvgIpc) is 2.95. The summed E-state index contributed by atoms with van der Waals surface area (Å²) in [6.45, 7) is 5.44. The van der Waals surface area contributed by atoms with Crippen molar-refractivity contribution in [1.29, 1.82) is 0 Å². The van der Waals surface area contributed by atoms with Crippen LogP contribution in [0.5, 0.6) is 0 Å². The number of nitrogens with zero attached hydrogens (tertiary/aromatic N) is 3. The zero-order valence-corrected chi connectivity index (χ0v) is 15.0. The highest BCUT2D eigenvalue weighted by Gasteiger charge is 2.16. The standard InChI is InChI=1S/C18H19ClN4O2/c1-18(2,3)25-17(24)22-14-5-4-13(15(19)10-14)8-12-6-7-23-16(9-12)20-11-21-23/h4-7,9-11H,8H2,1-3H3,(H,22,24). The molecular formula is C18H19ClN4O2. The minimum atomic E-state index is -0.547. The highest BCUT2D eigenvalue weighted by Crippen LogP contribution is 2.24. The minimum Gasteiger partial charge on any atom is -0.444 e. The SMILES string of the molecule is CC(C)(C)OC(=O)Nc1ccc(Cc2ccn3ncnc3c2)c(Cl)c1. The lowest BCUT2D eigenvalue weighted by Crippen LogP contribution is -2.27. The van der Waals surface area contributed by atoms with Gasteiger partial charge in [-0.3, -0.25) is 5.32 Å². The number of nitrogens with one attached hydrogen (secondary N) is 1. The van der Waals surface area contributed by atoms with Crippen LogP contribution in [-0.2, 0) is 11.2 Å². The molecule has 0 spiro atoms. The summed E-state index contributed by atoms with van der Waals surface area (Å²) in [7, 11) is 0. The molecule has 3 rings (SSSR count). The molecule has 0 radical (unpaired) electrons. The first kappa shape index (κ1) is 17.2. The fourth-order valence-corrected chi connectivity index (χ4v) is 2.62. The molecule has 1 aromatic carbocycles. The van der Waals surface area contributed by atoms with Crippen molar-refractivity contribution in [3.63, 3.8) is 0 Å². The molecule has 0 aliphatic rings. The molecule has 0 saturated carbocycles. The molecular weight excluding hydrogens is 340 g/mol. The first-order valence-electron chi connectivity index (χ1n) is 7.87. The summed E-state index contributed by atoms with van der Waals surface area (Å²) < 4.78 is 6.94. The van der Waals surface area contributed by atoms with E-state index in [4.69, 9.17) is 16.3 Å². The largest absolute Gasteiger partial charge is 0.444 e. The summed E-state index contributed by atoms with van der Waals surface area (Å²) in [5, 5.41) is 7.34. The van der Waals surface area contributed by atoms with E-state index in [2.05, 4.69) is 15.4 Å². The molecule has 7 heteroatoms. The zero-order chi connectivity index (χ0) is 18.0. The monoisotopic (exact) mass is 358 g/mol. The second-order valence-electron chi connectivity index (χ2n) is 6.71. The van der Waals surface area contributed by atoms with Gasteiger partial charge in [0.05, 0.1) is 0 Å². The van der Waals surface area contributed by atoms with Crippen LogP contribution in [0.1, 0.15) is 31.9 Å². The van der Waals surface area contributed by atoms with E-state index >= 15 is 0 Å². The average molecular weight is 359 g/mol. The molecule has 2 heterocycles. The number of hydrogen-bond acceptors (Lipinski definition) is 4. The van der Waals surface area contributed by atoms with Gasteiger partial charge in [-0.2, -0.15) is 5.10 Å². The first-order valence-corrected chi connectivity index (χ1v) is 8.25. The van der Waals surface area contributed by atoms with Gasteiger partial charge in [0.25, 0.3) is 0 Å². The number of rotatable bonds is 3. The Balaban J connectivity index is 1.72. The van der Waals surface area contributed by atoms with E-state index in [9.17, 15) is 4.79 Å². The van der Waals surface area contributed by atoms with E-state index in [1.165, 1.54) is 6.33 Å². The van der Waals surface area contributed by atoms with Crippen molar-refractivity contribution in [3.8, 4) is 0 Å². The van der Waals surface area contributed by atoms with Crippen molar-refractivity contribution in [2.75, 3.05) is 5.32 Å². The van der Waals surface area contributed by atoms with Crippen LogP contribution in [-0.4, -0.2) is 26.3 Å². The van der Waals surface area contributed by atoms with E-state index in [1.807, 2.05) is 45.2 Å². The van der Waals surface area contributed by atoms with Gasteiger partial charge in [0.15, 0.2) is 5.65 Å². The fraction of sp³-hybridized carbons (Fsp3) is 0.278. The van der Waals surface area contributed by atoms with E-state index < -0.39 is 11.7 Å². The molecule has 130 valence electrons. The van der Waals surface area contributed by atoms with Gasteiger partial charge in [0.1, 0.15) is 11.9 Å². The van der Waals surface area contributed by atoms with Gasteiger partial charge < -0.3 is 4.74 Å². The van der Waals surface area contributed by atoms with Crippen LogP contribution in [0.3, 0.4) is 0 Å². The molecule has 0 atom stereocenters. The molecule has 2 aromatic heterocycles. The second kappa shape index (κ2) is 6.72. The summed E-state index contributed by atoms with van der Waals surface area (Å²) in [6, 6.07) is 9.36. The van der Waals surface area contributed by atoms with Crippen LogP contribution in [0.2, 0.25) is 5.02 Å². The summed E-state index contributed by atoms with van der Waals surface area (Å²) in [5.41, 5.74) is 2.87. The van der Waals surface area contributed by atoms with Crippen LogP contribution in [0, 0.1) is 0 Å². The van der Waals surface area contributed by atoms with Crippen molar-refractivity contribution < 1.29 is 9.53 Å². The van der Waals surface area contributed by atoms with Crippen LogP contribution < -0.4 is 5.32 Å². The Bertz CT molecular complexity index is 915. The summed E-state index contributed by atoms with van der Waals surface area (Å²) in [4.78, 5) is 16.0. The maximum atomic E-state index is 11.8. The molecule has 25 heavy (non-hydrogen) atoms. The van der Waals surface area contributed by atoms with Gasteiger partial charge >= 0.3 is 6.09 Å². The lowest BCUT2D eigenvalue weighted by atomic mass is 10.1. The molecule has 6 nitrogen and oxygen atoms in total. The van der Waals surface area contributed by atoms with Crippen LogP contribution in [0.15, 0.2) is 42.9 Å². The molecule has 0 unspecified atom stereocenters.